The molecule has 0 amide bonds. The number of hydrogen-bond donors (Lipinski definition) is 1. The van der Waals surface area contributed by atoms with E-state index in [-0.39, 0.29) is 0 Å². The SMILES string of the molecule is Cn1cc(SC2(C(=O)O)CCSC2)cn1. The number of carboxylic acid groups (broad SMARTS) is 1. The summed E-state index contributed by atoms with van der Waals surface area (Å²) in [6, 6.07) is 0. The number of aromatic nitrogens is 2. The molecule has 4 nitrogen and oxygen atoms in total. The van der Waals surface area contributed by atoms with Crippen LogP contribution in [0.1, 0.15) is 6.42 Å². The molecular formula is C9H12N2O2S2. The van der Waals surface area contributed by atoms with Crippen LogP contribution < -0.4 is 0 Å². The van der Waals surface area contributed by atoms with Crippen molar-refractivity contribution in [3.63, 3.8) is 0 Å². The first-order valence-electron chi connectivity index (χ1n) is 4.61. The zero-order valence-electron chi connectivity index (χ0n) is 8.34. The van der Waals surface area contributed by atoms with Crippen LogP contribution in [0.5, 0.6) is 0 Å². The molecule has 0 aromatic carbocycles. The van der Waals surface area contributed by atoms with E-state index < -0.39 is 10.7 Å². The second kappa shape index (κ2) is 4.09. The fourth-order valence-electron chi connectivity index (χ4n) is 1.52. The van der Waals surface area contributed by atoms with Gasteiger partial charge in [-0.3, -0.25) is 9.48 Å². The van der Waals surface area contributed by atoms with Crippen molar-refractivity contribution in [2.24, 2.45) is 7.05 Å². The van der Waals surface area contributed by atoms with Crippen LogP contribution >= 0.6 is 23.5 Å². The molecule has 15 heavy (non-hydrogen) atoms. The molecule has 1 aliphatic rings. The fraction of sp³-hybridized carbons (Fsp3) is 0.556. The predicted molar refractivity (Wildman–Crippen MR) is 61.4 cm³/mol. The predicted octanol–water partition coefficient (Wildman–Crippen LogP) is 1.47. The Hall–Kier alpha value is -0.620. The molecule has 0 radical (unpaired) electrons. The first kappa shape index (κ1) is 10.9. The van der Waals surface area contributed by atoms with E-state index in [0.29, 0.717) is 5.75 Å². The molecule has 6 heteroatoms. The number of nitrogens with zero attached hydrogens (tertiary/aromatic N) is 2. The second-order valence-electron chi connectivity index (χ2n) is 3.55. The van der Waals surface area contributed by atoms with Gasteiger partial charge in [0.1, 0.15) is 4.75 Å². The van der Waals surface area contributed by atoms with Gasteiger partial charge in [0.05, 0.1) is 6.20 Å². The van der Waals surface area contributed by atoms with Crippen LogP contribution in [0.2, 0.25) is 0 Å². The van der Waals surface area contributed by atoms with Gasteiger partial charge < -0.3 is 5.11 Å². The van der Waals surface area contributed by atoms with E-state index in [2.05, 4.69) is 5.10 Å². The zero-order chi connectivity index (χ0) is 10.9. The number of aliphatic carboxylic acids is 1. The normalized spacial score (nSPS) is 25.7. The number of carboxylic acids is 1. The molecule has 1 N–H and O–H groups in total. The second-order valence-corrected chi connectivity index (χ2v) is 6.12. The molecule has 1 aromatic rings. The summed E-state index contributed by atoms with van der Waals surface area (Å²) in [5, 5.41) is 13.3. The van der Waals surface area contributed by atoms with Crippen molar-refractivity contribution in [2.45, 2.75) is 16.1 Å². The van der Waals surface area contributed by atoms with Crippen LogP contribution in [0.3, 0.4) is 0 Å². The Morgan fingerprint density at radius 3 is 3.07 bits per heavy atom. The largest absolute Gasteiger partial charge is 0.480 e. The number of aryl methyl sites for hydroxylation is 1. The summed E-state index contributed by atoms with van der Waals surface area (Å²) in [6.07, 6.45) is 4.31. The molecule has 1 fully saturated rings. The molecule has 82 valence electrons. The average Bonchev–Trinajstić information content (AvgIpc) is 2.77. The highest BCUT2D eigenvalue weighted by molar-refractivity contribution is 8.05. The van der Waals surface area contributed by atoms with Crippen LogP contribution in [-0.2, 0) is 11.8 Å². The van der Waals surface area contributed by atoms with Crippen LogP contribution in [-0.4, -0.2) is 37.1 Å². The third-order valence-electron chi connectivity index (χ3n) is 2.37. The molecule has 0 bridgehead atoms. The van der Waals surface area contributed by atoms with Gasteiger partial charge in [-0.2, -0.15) is 16.9 Å². The minimum atomic E-state index is -0.707. The van der Waals surface area contributed by atoms with Crippen LogP contribution in [0.15, 0.2) is 17.3 Å². The van der Waals surface area contributed by atoms with Crippen molar-refractivity contribution >= 4 is 29.5 Å². The Kier molecular flexibility index (Phi) is 2.97. The molecule has 2 rings (SSSR count). The van der Waals surface area contributed by atoms with Crippen LogP contribution in [0.4, 0.5) is 0 Å². The Bertz CT molecular complexity index is 372. The van der Waals surface area contributed by atoms with E-state index in [1.807, 2.05) is 13.2 Å². The Morgan fingerprint density at radius 1 is 1.80 bits per heavy atom. The molecule has 0 aliphatic carbocycles. The standard InChI is InChI=1S/C9H12N2O2S2/c1-11-5-7(4-10-11)15-9(8(12)13)2-3-14-6-9/h4-5H,2-3,6H2,1H3,(H,12,13). The van der Waals surface area contributed by atoms with Crippen molar-refractivity contribution < 1.29 is 9.90 Å². The summed E-state index contributed by atoms with van der Waals surface area (Å²) in [5.41, 5.74) is 0. The van der Waals surface area contributed by atoms with E-state index >= 15 is 0 Å². The van der Waals surface area contributed by atoms with Gasteiger partial charge in [0.15, 0.2) is 0 Å². The lowest BCUT2D eigenvalue weighted by molar-refractivity contribution is -0.139. The third kappa shape index (κ3) is 2.15. The average molecular weight is 244 g/mol. The highest BCUT2D eigenvalue weighted by Gasteiger charge is 2.43. The van der Waals surface area contributed by atoms with Gasteiger partial charge in [0.25, 0.3) is 0 Å². The highest BCUT2D eigenvalue weighted by Crippen LogP contribution is 2.43. The Labute approximate surface area is 96.4 Å². The monoisotopic (exact) mass is 244 g/mol. The summed E-state index contributed by atoms with van der Waals surface area (Å²) >= 11 is 3.13. The Morgan fingerprint density at radius 2 is 2.60 bits per heavy atom. The first-order chi connectivity index (χ1) is 7.12. The van der Waals surface area contributed by atoms with Crippen molar-refractivity contribution in [1.29, 1.82) is 0 Å². The lowest BCUT2D eigenvalue weighted by atomic mass is 10.1. The zero-order valence-corrected chi connectivity index (χ0v) is 9.98. The molecule has 1 aromatic heterocycles. The van der Waals surface area contributed by atoms with Crippen molar-refractivity contribution in [3.8, 4) is 0 Å². The van der Waals surface area contributed by atoms with Gasteiger partial charge in [-0.25, -0.2) is 0 Å². The maximum atomic E-state index is 11.3. The number of thioether (sulfide) groups is 2. The van der Waals surface area contributed by atoms with Gasteiger partial charge >= 0.3 is 5.97 Å². The summed E-state index contributed by atoms with van der Waals surface area (Å²) in [4.78, 5) is 12.2. The number of hydrogen-bond acceptors (Lipinski definition) is 4. The maximum Gasteiger partial charge on any atom is 0.321 e. The van der Waals surface area contributed by atoms with Crippen molar-refractivity contribution in [2.75, 3.05) is 11.5 Å². The van der Waals surface area contributed by atoms with Crippen LogP contribution in [0, 0.1) is 0 Å². The molecule has 2 heterocycles. The van der Waals surface area contributed by atoms with Gasteiger partial charge in [0.2, 0.25) is 0 Å². The van der Waals surface area contributed by atoms with E-state index in [1.54, 1.807) is 22.6 Å². The quantitative estimate of drug-likeness (QED) is 0.872. The third-order valence-corrected chi connectivity index (χ3v) is 5.10. The van der Waals surface area contributed by atoms with Crippen molar-refractivity contribution in [3.05, 3.63) is 12.4 Å². The van der Waals surface area contributed by atoms with Gasteiger partial charge in [-0.15, -0.1) is 11.8 Å². The topological polar surface area (TPSA) is 55.1 Å². The minimum absolute atomic E-state index is 0.645. The van der Waals surface area contributed by atoms with Gasteiger partial charge in [-0.1, -0.05) is 0 Å². The molecule has 1 saturated heterocycles. The maximum absolute atomic E-state index is 11.3. The van der Waals surface area contributed by atoms with E-state index in [4.69, 9.17) is 0 Å². The summed E-state index contributed by atoms with van der Waals surface area (Å²) in [6.45, 7) is 0. The minimum Gasteiger partial charge on any atom is -0.480 e. The summed E-state index contributed by atoms with van der Waals surface area (Å²) < 4.78 is 1.05. The summed E-state index contributed by atoms with van der Waals surface area (Å²) in [7, 11) is 1.83. The van der Waals surface area contributed by atoms with E-state index in [0.717, 1.165) is 17.1 Å². The molecular weight excluding hydrogens is 232 g/mol. The van der Waals surface area contributed by atoms with Crippen LogP contribution in [0.25, 0.3) is 0 Å². The number of rotatable bonds is 3. The summed E-state index contributed by atoms with van der Waals surface area (Å²) in [5.74, 6) is 0.905. The lowest BCUT2D eigenvalue weighted by Gasteiger charge is -2.20. The lowest BCUT2D eigenvalue weighted by Crippen LogP contribution is -2.34. The number of carbonyl (C=O) groups is 1. The highest BCUT2D eigenvalue weighted by atomic mass is 32.2. The Balaban J connectivity index is 2.17. The van der Waals surface area contributed by atoms with Gasteiger partial charge in [0, 0.05) is 23.9 Å². The smallest absolute Gasteiger partial charge is 0.321 e. The molecule has 0 spiro atoms. The molecule has 0 saturated carbocycles. The first-order valence-corrected chi connectivity index (χ1v) is 6.58. The molecule has 1 atom stereocenters. The molecule has 1 unspecified atom stereocenters. The van der Waals surface area contributed by atoms with Gasteiger partial charge in [-0.05, 0) is 12.2 Å². The van der Waals surface area contributed by atoms with E-state index in [9.17, 15) is 9.90 Å². The fourth-order valence-corrected chi connectivity index (χ4v) is 4.41. The molecule has 1 aliphatic heterocycles. The van der Waals surface area contributed by atoms with E-state index in [1.165, 1.54) is 11.8 Å². The van der Waals surface area contributed by atoms with Crippen molar-refractivity contribution in [1.82, 2.24) is 9.78 Å².